The maximum Gasteiger partial charge on any atom is 0.266 e. The Morgan fingerprint density at radius 3 is 3.00 bits per heavy atom. The third kappa shape index (κ3) is 3.86. The van der Waals surface area contributed by atoms with Gasteiger partial charge in [0.05, 0.1) is 6.54 Å². The Kier molecular flexibility index (Phi) is 5.17. The fourth-order valence-corrected chi connectivity index (χ4v) is 4.62. The molecule has 1 fully saturated rings. The van der Waals surface area contributed by atoms with Crippen LogP contribution >= 0.6 is 11.8 Å². The molecule has 13 heteroatoms. The molecular formula is C19H22N10O2S. The van der Waals surface area contributed by atoms with Crippen molar-refractivity contribution in [2.45, 2.75) is 31.1 Å². The summed E-state index contributed by atoms with van der Waals surface area (Å²) in [6.45, 7) is 3.45. The van der Waals surface area contributed by atoms with Crippen molar-refractivity contribution in [2.75, 3.05) is 23.3 Å². The van der Waals surface area contributed by atoms with E-state index in [9.17, 15) is 9.59 Å². The summed E-state index contributed by atoms with van der Waals surface area (Å²) in [5.41, 5.74) is 6.20. The number of nitrogens with one attached hydrogen (secondary N) is 3. The molecule has 0 aromatic carbocycles. The van der Waals surface area contributed by atoms with E-state index < -0.39 is 5.91 Å². The number of aromatic nitrogens is 5. The molecular weight excluding hydrogens is 432 g/mol. The van der Waals surface area contributed by atoms with Crippen LogP contribution in [0.1, 0.15) is 30.3 Å². The lowest BCUT2D eigenvalue weighted by atomic mass is 10.2. The average molecular weight is 455 g/mol. The minimum atomic E-state index is -0.605. The van der Waals surface area contributed by atoms with E-state index in [-0.39, 0.29) is 17.6 Å². The number of aromatic amines is 1. The van der Waals surface area contributed by atoms with Crippen molar-refractivity contribution in [3.05, 3.63) is 30.1 Å². The van der Waals surface area contributed by atoms with Crippen LogP contribution in [0, 0.1) is 0 Å². The Balaban J connectivity index is 1.41. The molecule has 2 atom stereocenters. The van der Waals surface area contributed by atoms with E-state index >= 15 is 0 Å². The van der Waals surface area contributed by atoms with E-state index in [1.165, 1.54) is 6.07 Å². The lowest BCUT2D eigenvalue weighted by Gasteiger charge is -2.24. The van der Waals surface area contributed by atoms with Crippen LogP contribution in [0.5, 0.6) is 0 Å². The summed E-state index contributed by atoms with van der Waals surface area (Å²) in [5.74, 6) is 0.610. The molecule has 32 heavy (non-hydrogen) atoms. The van der Waals surface area contributed by atoms with Crippen molar-refractivity contribution in [1.29, 1.82) is 0 Å². The lowest BCUT2D eigenvalue weighted by Crippen LogP contribution is -2.45. The molecule has 2 aliphatic rings. The van der Waals surface area contributed by atoms with Gasteiger partial charge in [-0.25, -0.2) is 4.52 Å². The Bertz CT molecular complexity index is 1220. The summed E-state index contributed by atoms with van der Waals surface area (Å²) in [6, 6.07) is 4.83. The zero-order valence-corrected chi connectivity index (χ0v) is 18.1. The summed E-state index contributed by atoms with van der Waals surface area (Å²) >= 11 is 1.57. The molecule has 3 aromatic heterocycles. The lowest BCUT2D eigenvalue weighted by molar-refractivity contribution is -0.120. The van der Waals surface area contributed by atoms with Gasteiger partial charge in [-0.3, -0.25) is 19.7 Å². The SMILES string of the molecule is CC1CN=C(NC(=O)[C@@H]2CCCN2c2nc(Nc3cc(C(N)=O)[nH]n3)c3cccn3n2)S1. The number of amidine groups is 1. The third-order valence-electron chi connectivity index (χ3n) is 5.32. The Labute approximate surface area is 187 Å². The van der Waals surface area contributed by atoms with Gasteiger partial charge in [0.1, 0.15) is 17.3 Å². The van der Waals surface area contributed by atoms with E-state index in [0.29, 0.717) is 47.5 Å². The van der Waals surface area contributed by atoms with E-state index in [1.54, 1.807) is 16.3 Å². The van der Waals surface area contributed by atoms with Crippen molar-refractivity contribution in [3.63, 3.8) is 0 Å². The Morgan fingerprint density at radius 2 is 2.25 bits per heavy atom. The molecule has 5 rings (SSSR count). The number of rotatable bonds is 5. The van der Waals surface area contributed by atoms with Gasteiger partial charge in [-0.15, -0.1) is 5.10 Å². The van der Waals surface area contributed by atoms with E-state index in [2.05, 4.69) is 42.8 Å². The van der Waals surface area contributed by atoms with Crippen molar-refractivity contribution in [2.24, 2.45) is 10.7 Å². The third-order valence-corrected chi connectivity index (χ3v) is 6.32. The largest absolute Gasteiger partial charge is 0.364 e. The van der Waals surface area contributed by atoms with Gasteiger partial charge in [0.2, 0.25) is 11.9 Å². The number of thioether (sulfide) groups is 1. The van der Waals surface area contributed by atoms with E-state index in [0.717, 1.165) is 11.9 Å². The first-order valence-corrected chi connectivity index (χ1v) is 11.1. The number of amides is 2. The second-order valence-corrected chi connectivity index (χ2v) is 9.10. The number of nitrogens with zero attached hydrogens (tertiary/aromatic N) is 6. The number of H-pyrrole nitrogens is 1. The highest BCUT2D eigenvalue weighted by atomic mass is 32.2. The van der Waals surface area contributed by atoms with Gasteiger partial charge < -0.3 is 21.3 Å². The van der Waals surface area contributed by atoms with Crippen LogP contribution in [0.25, 0.3) is 5.52 Å². The molecule has 3 aromatic rings. The molecule has 1 unspecified atom stereocenters. The van der Waals surface area contributed by atoms with Crippen molar-refractivity contribution >= 4 is 51.8 Å². The maximum absolute atomic E-state index is 13.0. The van der Waals surface area contributed by atoms with Gasteiger partial charge >= 0.3 is 0 Å². The number of nitrogens with two attached hydrogens (primary N) is 1. The first-order valence-electron chi connectivity index (χ1n) is 10.2. The van der Waals surface area contributed by atoms with Gasteiger partial charge in [0, 0.05) is 24.1 Å². The Morgan fingerprint density at radius 1 is 1.38 bits per heavy atom. The second-order valence-electron chi connectivity index (χ2n) is 7.67. The summed E-state index contributed by atoms with van der Waals surface area (Å²) in [7, 11) is 0. The number of aliphatic imine (C=N–C) groups is 1. The van der Waals surface area contributed by atoms with Crippen LogP contribution in [0.3, 0.4) is 0 Å². The molecule has 2 aliphatic heterocycles. The normalized spacial score (nSPS) is 20.5. The standard InChI is InChI=1S/C19H22N10O2S/c1-10-9-21-19(32-10)24-17(31)13-5-2-6-28(13)18-23-16(12-4-3-7-29(12)27-18)22-14-8-11(15(20)30)25-26-14/h3-4,7-8,10,13H,2,5-6,9H2,1H3,(H2,20,30)(H,21,24,31)(H2,22,23,25,26,27)/t10?,13-/m0/s1. The highest BCUT2D eigenvalue weighted by Crippen LogP contribution is 2.27. The first kappa shape index (κ1) is 20.3. The fraction of sp³-hybridized carbons (Fsp3) is 0.368. The molecule has 166 valence electrons. The molecule has 0 aliphatic carbocycles. The molecule has 0 spiro atoms. The van der Waals surface area contributed by atoms with Crippen LogP contribution < -0.4 is 21.3 Å². The van der Waals surface area contributed by atoms with E-state index in [1.807, 2.05) is 23.2 Å². The highest BCUT2D eigenvalue weighted by Gasteiger charge is 2.34. The topological polar surface area (TPSA) is 159 Å². The van der Waals surface area contributed by atoms with Crippen LogP contribution in [-0.2, 0) is 4.79 Å². The number of hydrogen-bond acceptors (Lipinski definition) is 9. The van der Waals surface area contributed by atoms with Gasteiger partial charge in [0.15, 0.2) is 16.8 Å². The zero-order valence-electron chi connectivity index (χ0n) is 17.3. The minimum Gasteiger partial charge on any atom is -0.364 e. The molecule has 12 nitrogen and oxygen atoms in total. The smallest absolute Gasteiger partial charge is 0.266 e. The molecule has 0 bridgehead atoms. The molecule has 1 saturated heterocycles. The quantitative estimate of drug-likeness (QED) is 0.442. The van der Waals surface area contributed by atoms with Crippen LogP contribution in [0.4, 0.5) is 17.6 Å². The van der Waals surface area contributed by atoms with Crippen LogP contribution in [0.2, 0.25) is 0 Å². The van der Waals surface area contributed by atoms with Crippen molar-refractivity contribution in [3.8, 4) is 0 Å². The number of anilines is 3. The maximum atomic E-state index is 13.0. The van der Waals surface area contributed by atoms with E-state index in [4.69, 9.17) is 5.73 Å². The minimum absolute atomic E-state index is 0.105. The van der Waals surface area contributed by atoms with Gasteiger partial charge in [-0.05, 0) is 25.0 Å². The predicted octanol–water partition coefficient (Wildman–Crippen LogP) is 0.871. The number of carbonyl (C=O) groups is 2. The predicted molar refractivity (Wildman–Crippen MR) is 121 cm³/mol. The highest BCUT2D eigenvalue weighted by molar-refractivity contribution is 8.14. The summed E-state index contributed by atoms with van der Waals surface area (Å²) in [6.07, 6.45) is 3.36. The number of fused-ring (bicyclic) bond motifs is 1. The van der Waals surface area contributed by atoms with Gasteiger partial charge in [0.25, 0.3) is 5.91 Å². The summed E-state index contributed by atoms with van der Waals surface area (Å²) in [5, 5.41) is 18.3. The monoisotopic (exact) mass is 454 g/mol. The molecule has 2 amide bonds. The fourth-order valence-electron chi connectivity index (χ4n) is 3.78. The summed E-state index contributed by atoms with van der Waals surface area (Å²) in [4.78, 5) is 35.3. The zero-order chi connectivity index (χ0) is 22.2. The Hall–Kier alpha value is -3.61. The van der Waals surface area contributed by atoms with Crippen LogP contribution in [0.15, 0.2) is 29.4 Å². The molecule has 0 saturated carbocycles. The summed E-state index contributed by atoms with van der Waals surface area (Å²) < 4.78 is 1.69. The van der Waals surface area contributed by atoms with Crippen molar-refractivity contribution < 1.29 is 9.59 Å². The number of primary amides is 1. The van der Waals surface area contributed by atoms with Crippen molar-refractivity contribution in [1.82, 2.24) is 30.1 Å². The molecule has 5 N–H and O–H groups in total. The van der Waals surface area contributed by atoms with Gasteiger partial charge in [-0.1, -0.05) is 18.7 Å². The number of carbonyl (C=O) groups excluding carboxylic acids is 2. The molecule has 0 radical (unpaired) electrons. The molecule has 5 heterocycles. The average Bonchev–Trinajstić information content (AvgIpc) is 3.54. The first-order chi connectivity index (χ1) is 15.5. The van der Waals surface area contributed by atoms with Crippen LogP contribution in [-0.4, -0.2) is 66.2 Å². The second kappa shape index (κ2) is 8.15. The van der Waals surface area contributed by atoms with Gasteiger partial charge in [-0.2, -0.15) is 10.1 Å². The number of hydrogen-bond donors (Lipinski definition) is 4.